The highest BCUT2D eigenvalue weighted by Gasteiger charge is 2.31. The molecule has 1 amide bonds. The number of nitrogens with zero attached hydrogens (tertiary/aromatic N) is 1. The maximum absolute atomic E-state index is 13.7. The van der Waals surface area contributed by atoms with Gasteiger partial charge in [0, 0.05) is 11.9 Å². The van der Waals surface area contributed by atoms with Crippen molar-refractivity contribution >= 4 is 22.9 Å². The molecule has 1 aromatic heterocycles. The maximum atomic E-state index is 13.7. The molecule has 0 fully saturated rings. The average molecular weight is 380 g/mol. The zero-order valence-electron chi connectivity index (χ0n) is 13.2. The number of carbonyl (C=O) groups is 1. The largest absolute Gasteiger partial charge is 0.416 e. The first-order valence-corrected chi connectivity index (χ1v) is 8.35. The summed E-state index contributed by atoms with van der Waals surface area (Å²) in [4.78, 5) is 17.0. The minimum atomic E-state index is -4.59. The van der Waals surface area contributed by atoms with E-state index in [4.69, 9.17) is 0 Å². The number of benzene rings is 2. The van der Waals surface area contributed by atoms with Crippen molar-refractivity contribution in [3.05, 3.63) is 71.1 Å². The fraction of sp³-hybridized carbons (Fsp3) is 0.111. The number of amides is 1. The lowest BCUT2D eigenvalue weighted by atomic mass is 10.1. The summed E-state index contributed by atoms with van der Waals surface area (Å²) in [6, 6.07) is 8.92. The van der Waals surface area contributed by atoms with Crippen LogP contribution < -0.4 is 5.32 Å². The highest BCUT2D eigenvalue weighted by Crippen LogP contribution is 2.30. The number of hydrogen-bond donors (Lipinski definition) is 1. The molecule has 2 aromatic carbocycles. The zero-order chi connectivity index (χ0) is 18.7. The van der Waals surface area contributed by atoms with Gasteiger partial charge in [-0.05, 0) is 41.5 Å². The average Bonchev–Trinajstić information content (AvgIpc) is 3.11. The number of alkyl halides is 3. The normalized spacial score (nSPS) is 11.4. The Morgan fingerprint density at radius 3 is 2.46 bits per heavy atom. The quantitative estimate of drug-likeness (QED) is 0.636. The van der Waals surface area contributed by atoms with E-state index in [-0.39, 0.29) is 5.56 Å². The summed E-state index contributed by atoms with van der Waals surface area (Å²) in [6.07, 6.45) is -3.37. The Bertz CT molecular complexity index is 906. The summed E-state index contributed by atoms with van der Waals surface area (Å²) in [7, 11) is 0. The van der Waals surface area contributed by atoms with Gasteiger partial charge >= 0.3 is 6.18 Å². The van der Waals surface area contributed by atoms with Gasteiger partial charge < -0.3 is 5.32 Å². The molecule has 0 radical (unpaired) electrons. The van der Waals surface area contributed by atoms with E-state index < -0.39 is 29.9 Å². The number of thiazole rings is 1. The van der Waals surface area contributed by atoms with Gasteiger partial charge in [-0.15, -0.1) is 11.3 Å². The van der Waals surface area contributed by atoms with Crippen LogP contribution in [0.4, 0.5) is 23.2 Å². The second kappa shape index (κ2) is 7.25. The number of aromatic nitrogens is 1. The van der Waals surface area contributed by atoms with Crippen molar-refractivity contribution in [3.63, 3.8) is 0 Å². The van der Waals surface area contributed by atoms with E-state index in [2.05, 4.69) is 10.3 Å². The lowest BCUT2D eigenvalue weighted by Gasteiger charge is -2.10. The van der Waals surface area contributed by atoms with Crippen LogP contribution in [0.3, 0.4) is 0 Å². The van der Waals surface area contributed by atoms with Crippen molar-refractivity contribution < 1.29 is 22.4 Å². The first-order valence-electron chi connectivity index (χ1n) is 7.47. The van der Waals surface area contributed by atoms with Gasteiger partial charge in [0.2, 0.25) is 5.91 Å². The summed E-state index contributed by atoms with van der Waals surface area (Å²) >= 11 is 1.47. The number of rotatable bonds is 4. The van der Waals surface area contributed by atoms with Gasteiger partial charge in [0.05, 0.1) is 22.4 Å². The molecule has 1 N–H and O–H groups in total. The molecule has 0 bridgehead atoms. The van der Waals surface area contributed by atoms with Gasteiger partial charge in [-0.25, -0.2) is 4.39 Å². The molecule has 0 saturated carbocycles. The number of hydrogen-bond acceptors (Lipinski definition) is 3. The molecule has 3 rings (SSSR count). The van der Waals surface area contributed by atoms with Gasteiger partial charge in [0.25, 0.3) is 0 Å². The van der Waals surface area contributed by atoms with Crippen molar-refractivity contribution in [2.24, 2.45) is 0 Å². The number of anilines is 1. The van der Waals surface area contributed by atoms with E-state index >= 15 is 0 Å². The van der Waals surface area contributed by atoms with Crippen LogP contribution >= 0.6 is 11.3 Å². The molecule has 0 aliphatic heterocycles. The molecule has 8 heteroatoms. The lowest BCUT2D eigenvalue weighted by molar-refractivity contribution is -0.137. The van der Waals surface area contributed by atoms with Gasteiger partial charge in [-0.1, -0.05) is 12.1 Å². The molecule has 0 atom stereocenters. The third kappa shape index (κ3) is 4.26. The molecule has 3 aromatic rings. The van der Waals surface area contributed by atoms with Crippen molar-refractivity contribution in [2.75, 3.05) is 5.32 Å². The van der Waals surface area contributed by atoms with Crippen LogP contribution in [0.1, 0.15) is 11.1 Å². The van der Waals surface area contributed by atoms with Crippen LogP contribution in [0.25, 0.3) is 10.4 Å². The minimum Gasteiger partial charge on any atom is -0.326 e. The standard InChI is InChI=1S/C18H12F4N2OS/c19-15-6-3-13(18(20,21)22)7-12(15)8-17(25)24-14-4-1-11(2-5-14)16-9-23-10-26-16/h1-7,9-10H,8H2,(H,24,25). The molecule has 0 aliphatic carbocycles. The predicted molar refractivity (Wildman–Crippen MR) is 91.3 cm³/mol. The molecule has 0 unspecified atom stereocenters. The van der Waals surface area contributed by atoms with Crippen LogP contribution in [0.2, 0.25) is 0 Å². The molecular formula is C18H12F4N2OS. The van der Waals surface area contributed by atoms with E-state index in [1.807, 2.05) is 0 Å². The monoisotopic (exact) mass is 380 g/mol. The van der Waals surface area contributed by atoms with Crippen molar-refractivity contribution in [1.29, 1.82) is 0 Å². The molecule has 0 aliphatic rings. The summed E-state index contributed by atoms with van der Waals surface area (Å²) in [5, 5.41) is 2.55. The van der Waals surface area contributed by atoms with E-state index in [1.165, 1.54) is 11.3 Å². The summed E-state index contributed by atoms with van der Waals surface area (Å²) in [5.41, 5.74) is 1.80. The maximum Gasteiger partial charge on any atom is 0.416 e. The Balaban J connectivity index is 1.69. The Morgan fingerprint density at radius 2 is 1.85 bits per heavy atom. The highest BCUT2D eigenvalue weighted by molar-refractivity contribution is 7.13. The third-order valence-corrected chi connectivity index (χ3v) is 4.43. The van der Waals surface area contributed by atoms with E-state index in [9.17, 15) is 22.4 Å². The molecule has 26 heavy (non-hydrogen) atoms. The van der Waals surface area contributed by atoms with E-state index in [0.717, 1.165) is 16.5 Å². The Morgan fingerprint density at radius 1 is 1.12 bits per heavy atom. The van der Waals surface area contributed by atoms with Gasteiger partial charge in [-0.2, -0.15) is 13.2 Å². The van der Waals surface area contributed by atoms with Crippen molar-refractivity contribution in [1.82, 2.24) is 4.98 Å². The molecule has 1 heterocycles. The first-order chi connectivity index (χ1) is 12.3. The molecule has 3 nitrogen and oxygen atoms in total. The SMILES string of the molecule is O=C(Cc1cc(C(F)(F)F)ccc1F)Nc1ccc(-c2cncs2)cc1. The first kappa shape index (κ1) is 18.1. The predicted octanol–water partition coefficient (Wildman–Crippen LogP) is 5.15. The van der Waals surface area contributed by atoms with Gasteiger partial charge in [0.15, 0.2) is 0 Å². The van der Waals surface area contributed by atoms with E-state index in [0.29, 0.717) is 17.8 Å². The van der Waals surface area contributed by atoms with Crippen LogP contribution in [-0.2, 0) is 17.4 Å². The summed E-state index contributed by atoms with van der Waals surface area (Å²) in [5.74, 6) is -1.46. The number of carbonyl (C=O) groups excluding carboxylic acids is 1. The van der Waals surface area contributed by atoms with Crippen LogP contribution in [0, 0.1) is 5.82 Å². The third-order valence-electron chi connectivity index (χ3n) is 3.61. The second-order valence-electron chi connectivity index (χ2n) is 5.47. The number of halogens is 4. The zero-order valence-corrected chi connectivity index (χ0v) is 14.0. The van der Waals surface area contributed by atoms with E-state index in [1.54, 1.807) is 36.0 Å². The van der Waals surface area contributed by atoms with Gasteiger partial charge in [0.1, 0.15) is 5.82 Å². The minimum absolute atomic E-state index is 0.307. The Labute approximate surface area is 150 Å². The second-order valence-corrected chi connectivity index (χ2v) is 6.36. The molecule has 0 saturated heterocycles. The fourth-order valence-electron chi connectivity index (χ4n) is 2.34. The van der Waals surface area contributed by atoms with Crippen LogP contribution in [0.15, 0.2) is 54.2 Å². The lowest BCUT2D eigenvalue weighted by Crippen LogP contribution is -2.16. The summed E-state index contributed by atoms with van der Waals surface area (Å²) in [6.45, 7) is 0. The molecule has 0 spiro atoms. The Kier molecular flexibility index (Phi) is 5.03. The number of nitrogens with one attached hydrogen (secondary N) is 1. The van der Waals surface area contributed by atoms with Gasteiger partial charge in [-0.3, -0.25) is 9.78 Å². The Hall–Kier alpha value is -2.74. The van der Waals surface area contributed by atoms with Crippen molar-refractivity contribution in [3.8, 4) is 10.4 Å². The molecular weight excluding hydrogens is 368 g/mol. The van der Waals surface area contributed by atoms with Crippen LogP contribution in [-0.4, -0.2) is 10.9 Å². The highest BCUT2D eigenvalue weighted by atomic mass is 32.1. The molecule has 134 valence electrons. The fourth-order valence-corrected chi connectivity index (χ4v) is 2.97. The smallest absolute Gasteiger partial charge is 0.326 e. The summed E-state index contributed by atoms with van der Waals surface area (Å²) < 4.78 is 51.8. The van der Waals surface area contributed by atoms with Crippen molar-refractivity contribution in [2.45, 2.75) is 12.6 Å². The van der Waals surface area contributed by atoms with Crippen LogP contribution in [0.5, 0.6) is 0 Å². The topological polar surface area (TPSA) is 42.0 Å².